The molecule has 0 aliphatic carbocycles. The van der Waals surface area contributed by atoms with Gasteiger partial charge in [0.2, 0.25) is 5.91 Å². The zero-order valence-corrected chi connectivity index (χ0v) is 22.3. The van der Waals surface area contributed by atoms with E-state index in [-0.39, 0.29) is 11.7 Å². The van der Waals surface area contributed by atoms with Crippen LogP contribution < -0.4 is 5.32 Å². The number of aryl methyl sites for hydroxylation is 2. The molecule has 9 heteroatoms. The number of hydrogen-bond acceptors (Lipinski definition) is 4. The van der Waals surface area contributed by atoms with Crippen molar-refractivity contribution in [2.24, 2.45) is 0 Å². The molecule has 1 heterocycles. The zero-order valence-electron chi connectivity index (χ0n) is 19.2. The molecule has 0 bridgehead atoms. The van der Waals surface area contributed by atoms with E-state index in [0.717, 1.165) is 29.7 Å². The van der Waals surface area contributed by atoms with Crippen LogP contribution in [0.4, 0.5) is 5.69 Å². The lowest BCUT2D eigenvalue weighted by molar-refractivity contribution is -0.113. The second-order valence-electron chi connectivity index (χ2n) is 7.71. The average molecular weight is 546 g/mol. The van der Waals surface area contributed by atoms with Gasteiger partial charge in [-0.3, -0.25) is 9.36 Å². The summed E-state index contributed by atoms with van der Waals surface area (Å²) in [6, 6.07) is 18.7. The van der Waals surface area contributed by atoms with Crippen molar-refractivity contribution in [1.82, 2.24) is 14.8 Å². The number of aromatic nitrogens is 3. The molecule has 0 saturated heterocycles. The Hall–Kier alpha value is -2.51. The van der Waals surface area contributed by atoms with Gasteiger partial charge in [-0.2, -0.15) is 0 Å². The van der Waals surface area contributed by atoms with Gasteiger partial charge in [0.1, 0.15) is 0 Å². The average Bonchev–Trinajstić information content (AvgIpc) is 3.26. The monoisotopic (exact) mass is 544 g/mol. The highest BCUT2D eigenvalue weighted by atomic mass is 35.5. The number of para-hydroxylation sites is 2. The van der Waals surface area contributed by atoms with Crippen molar-refractivity contribution >= 4 is 58.2 Å². The molecule has 4 rings (SSSR count). The molecule has 0 unspecified atom stereocenters. The quantitative estimate of drug-likeness (QED) is 0.230. The fraction of sp³-hybridized carbons (Fsp3) is 0.192. The van der Waals surface area contributed by atoms with Crippen molar-refractivity contribution in [1.29, 1.82) is 0 Å². The molecule has 0 fully saturated rings. The summed E-state index contributed by atoms with van der Waals surface area (Å²) in [6.45, 7) is 4.23. The molecule has 180 valence electrons. The molecule has 0 aliphatic rings. The van der Waals surface area contributed by atoms with Crippen molar-refractivity contribution in [3.8, 4) is 17.1 Å². The van der Waals surface area contributed by atoms with E-state index in [0.29, 0.717) is 37.3 Å². The third kappa shape index (κ3) is 5.67. The summed E-state index contributed by atoms with van der Waals surface area (Å²) in [5, 5.41) is 13.9. The van der Waals surface area contributed by atoms with Crippen LogP contribution in [0.25, 0.3) is 17.1 Å². The summed E-state index contributed by atoms with van der Waals surface area (Å²) < 4.78 is 2.00. The molecular weight excluding hydrogens is 523 g/mol. The third-order valence-corrected chi connectivity index (χ3v) is 7.28. The van der Waals surface area contributed by atoms with E-state index in [4.69, 9.17) is 34.8 Å². The molecule has 1 aromatic heterocycles. The van der Waals surface area contributed by atoms with Crippen LogP contribution in [0, 0.1) is 0 Å². The smallest absolute Gasteiger partial charge is 0.234 e. The molecule has 4 aromatic rings. The molecule has 1 amide bonds. The first kappa shape index (κ1) is 25.6. The largest absolute Gasteiger partial charge is 0.324 e. The lowest BCUT2D eigenvalue weighted by Gasteiger charge is -2.18. The number of amides is 1. The highest BCUT2D eigenvalue weighted by molar-refractivity contribution is 7.99. The number of halogens is 3. The van der Waals surface area contributed by atoms with Crippen LogP contribution in [0.1, 0.15) is 25.0 Å². The Morgan fingerprint density at radius 3 is 2.29 bits per heavy atom. The lowest BCUT2D eigenvalue weighted by Crippen LogP contribution is -2.15. The number of nitrogens with one attached hydrogen (secondary N) is 1. The summed E-state index contributed by atoms with van der Waals surface area (Å²) in [6.07, 6.45) is 1.65. The Balaban J connectivity index is 1.75. The second-order valence-corrected chi connectivity index (χ2v) is 9.91. The summed E-state index contributed by atoms with van der Waals surface area (Å²) in [5.74, 6) is 0.535. The minimum absolute atomic E-state index is 0.132. The second kappa shape index (κ2) is 11.5. The Bertz CT molecular complexity index is 1350. The fourth-order valence-electron chi connectivity index (χ4n) is 3.79. The van der Waals surface area contributed by atoms with Crippen molar-refractivity contribution in [2.75, 3.05) is 11.1 Å². The predicted molar refractivity (Wildman–Crippen MR) is 146 cm³/mol. The lowest BCUT2D eigenvalue weighted by atomic mass is 10.0. The van der Waals surface area contributed by atoms with Gasteiger partial charge in [-0.05, 0) is 54.3 Å². The van der Waals surface area contributed by atoms with Crippen LogP contribution >= 0.6 is 46.6 Å². The summed E-state index contributed by atoms with van der Waals surface area (Å²) in [7, 11) is 0. The van der Waals surface area contributed by atoms with Crippen LogP contribution in [0.15, 0.2) is 65.8 Å². The minimum atomic E-state index is -0.191. The highest BCUT2D eigenvalue weighted by Gasteiger charge is 2.22. The highest BCUT2D eigenvalue weighted by Crippen LogP contribution is 2.36. The number of carbonyl (C=O) groups is 1. The van der Waals surface area contributed by atoms with Crippen LogP contribution in [-0.4, -0.2) is 26.4 Å². The van der Waals surface area contributed by atoms with E-state index in [1.54, 1.807) is 24.3 Å². The minimum Gasteiger partial charge on any atom is -0.324 e. The standard InChI is InChI=1S/C26H23Cl3N4OS/c1-3-16-8-7-9-17(4-2)24(16)33-25(19-13-12-18(27)14-21(19)29)31-32-26(33)35-15-23(34)30-22-11-6-5-10-20(22)28/h5-14H,3-4,15H2,1-2H3,(H,30,34). The molecule has 35 heavy (non-hydrogen) atoms. The first-order valence-electron chi connectivity index (χ1n) is 11.1. The number of benzene rings is 3. The predicted octanol–water partition coefficient (Wildman–Crippen LogP) is 7.75. The van der Waals surface area contributed by atoms with Gasteiger partial charge < -0.3 is 5.32 Å². The van der Waals surface area contributed by atoms with Gasteiger partial charge in [0.15, 0.2) is 11.0 Å². The third-order valence-electron chi connectivity index (χ3n) is 5.47. The Kier molecular flexibility index (Phi) is 8.39. The van der Waals surface area contributed by atoms with E-state index in [1.165, 1.54) is 11.8 Å². The number of carbonyl (C=O) groups excluding carboxylic acids is 1. The molecule has 0 radical (unpaired) electrons. The Labute approximate surface area is 223 Å². The van der Waals surface area contributed by atoms with Crippen molar-refractivity contribution in [3.05, 3.63) is 86.9 Å². The van der Waals surface area contributed by atoms with Crippen LogP contribution in [-0.2, 0) is 17.6 Å². The topological polar surface area (TPSA) is 59.8 Å². The van der Waals surface area contributed by atoms with E-state index >= 15 is 0 Å². The van der Waals surface area contributed by atoms with Crippen LogP contribution in [0.3, 0.4) is 0 Å². The molecule has 0 saturated carbocycles. The van der Waals surface area contributed by atoms with Gasteiger partial charge in [0.05, 0.1) is 27.2 Å². The van der Waals surface area contributed by atoms with Gasteiger partial charge in [-0.1, -0.05) is 90.7 Å². The first-order valence-corrected chi connectivity index (χ1v) is 13.2. The van der Waals surface area contributed by atoms with Gasteiger partial charge in [0.25, 0.3) is 0 Å². The molecular formula is C26H23Cl3N4OS. The van der Waals surface area contributed by atoms with Crippen molar-refractivity contribution < 1.29 is 4.79 Å². The van der Waals surface area contributed by atoms with Gasteiger partial charge in [-0.15, -0.1) is 10.2 Å². The van der Waals surface area contributed by atoms with Crippen LogP contribution in [0.2, 0.25) is 15.1 Å². The van der Waals surface area contributed by atoms with E-state index < -0.39 is 0 Å². The summed E-state index contributed by atoms with van der Waals surface area (Å²) in [5.41, 5.74) is 4.59. The summed E-state index contributed by atoms with van der Waals surface area (Å²) in [4.78, 5) is 12.7. The number of rotatable bonds is 8. The number of hydrogen-bond donors (Lipinski definition) is 1. The van der Waals surface area contributed by atoms with Gasteiger partial charge in [0, 0.05) is 10.6 Å². The van der Waals surface area contributed by atoms with E-state index in [1.807, 2.05) is 22.8 Å². The molecule has 0 aliphatic heterocycles. The normalized spacial score (nSPS) is 11.0. The van der Waals surface area contributed by atoms with Crippen LogP contribution in [0.5, 0.6) is 0 Å². The Morgan fingerprint density at radius 1 is 0.914 bits per heavy atom. The maximum Gasteiger partial charge on any atom is 0.234 e. The molecule has 0 atom stereocenters. The maximum atomic E-state index is 12.7. The first-order chi connectivity index (χ1) is 16.9. The van der Waals surface area contributed by atoms with Crippen molar-refractivity contribution in [2.45, 2.75) is 31.8 Å². The molecule has 3 aromatic carbocycles. The van der Waals surface area contributed by atoms with Crippen molar-refractivity contribution in [3.63, 3.8) is 0 Å². The number of nitrogens with zero attached hydrogens (tertiary/aromatic N) is 3. The molecule has 0 spiro atoms. The fourth-order valence-corrected chi connectivity index (χ4v) is 5.21. The van der Waals surface area contributed by atoms with Gasteiger partial charge in [-0.25, -0.2) is 0 Å². The maximum absolute atomic E-state index is 12.7. The molecule has 1 N–H and O–H groups in total. The van der Waals surface area contributed by atoms with E-state index in [2.05, 4.69) is 47.6 Å². The SMILES string of the molecule is CCc1cccc(CC)c1-n1c(SCC(=O)Nc2ccccc2Cl)nnc1-c1ccc(Cl)cc1Cl. The summed E-state index contributed by atoms with van der Waals surface area (Å²) >= 11 is 20.2. The molecule has 5 nitrogen and oxygen atoms in total. The number of anilines is 1. The zero-order chi connectivity index (χ0) is 24.9. The number of thioether (sulfide) groups is 1. The Morgan fingerprint density at radius 2 is 1.63 bits per heavy atom. The van der Waals surface area contributed by atoms with Gasteiger partial charge >= 0.3 is 0 Å². The van der Waals surface area contributed by atoms with E-state index in [9.17, 15) is 4.79 Å².